The molecule has 0 unspecified atom stereocenters. The van der Waals surface area contributed by atoms with Crippen LogP contribution in [0.3, 0.4) is 0 Å². The van der Waals surface area contributed by atoms with Gasteiger partial charge in [-0.05, 0) is 263 Å². The summed E-state index contributed by atoms with van der Waals surface area (Å²) in [5.41, 5.74) is 14.7. The summed E-state index contributed by atoms with van der Waals surface area (Å²) in [5, 5.41) is 5.34. The number of rotatable bonds is 16. The zero-order valence-electron chi connectivity index (χ0n) is 45.8. The van der Waals surface area contributed by atoms with Crippen molar-refractivity contribution in [1.29, 1.82) is 0 Å². The molecule has 6 nitrogen and oxygen atoms in total. The van der Waals surface area contributed by atoms with Crippen molar-refractivity contribution in [2.24, 2.45) is 0 Å². The van der Waals surface area contributed by atoms with Gasteiger partial charge in [-0.2, -0.15) is 0 Å². The molecule has 0 bridgehead atoms. The van der Waals surface area contributed by atoms with E-state index in [4.69, 9.17) is 18.9 Å². The van der Waals surface area contributed by atoms with E-state index >= 15 is 0 Å². The molecular weight excluding hydrogens is 979 g/mol. The molecule has 2 aliphatic rings. The molecule has 380 valence electrons. The summed E-state index contributed by atoms with van der Waals surface area (Å²) in [7, 11) is 14.1. The van der Waals surface area contributed by atoms with Crippen LogP contribution in [0.5, 0.6) is 23.0 Å². The summed E-state index contributed by atoms with van der Waals surface area (Å²) < 4.78 is 22.8. The first kappa shape index (κ1) is 58.1. The maximum absolute atomic E-state index is 5.71. The van der Waals surface area contributed by atoms with Gasteiger partial charge in [-0.25, -0.2) is 0 Å². The summed E-state index contributed by atoms with van der Waals surface area (Å²) in [6, 6.07) is 40.5. The Morgan fingerprint density at radius 1 is 0.356 bits per heavy atom. The van der Waals surface area contributed by atoms with Crippen LogP contribution in [0.25, 0.3) is 0 Å². The molecule has 0 spiro atoms. The number of ether oxygens (including phenoxy) is 4. The van der Waals surface area contributed by atoms with Crippen molar-refractivity contribution in [3.63, 3.8) is 0 Å². The molecule has 9 heteroatoms. The van der Waals surface area contributed by atoms with Gasteiger partial charge in [0.05, 0.1) is 28.4 Å². The van der Waals surface area contributed by atoms with Crippen molar-refractivity contribution in [3.8, 4) is 23.0 Å². The molecule has 0 heterocycles. The predicted molar refractivity (Wildman–Crippen MR) is 307 cm³/mol. The minimum atomic E-state index is -0.815. The van der Waals surface area contributed by atoms with E-state index in [-0.39, 0.29) is 29.2 Å². The molecule has 0 saturated heterocycles. The van der Waals surface area contributed by atoms with Gasteiger partial charge in [-0.1, -0.05) is 60.7 Å². The van der Waals surface area contributed by atoms with Gasteiger partial charge in [0, 0.05) is 35.2 Å². The Labute approximate surface area is 453 Å². The first-order valence-electron chi connectivity index (χ1n) is 24.7. The van der Waals surface area contributed by atoms with Crippen LogP contribution >= 0.6 is 15.8 Å². The third-order valence-corrected chi connectivity index (χ3v) is 18.5. The van der Waals surface area contributed by atoms with Crippen LogP contribution in [-0.2, 0) is 17.1 Å². The average Bonchev–Trinajstić information content (AvgIpc) is 4.00. The molecule has 0 N–H and O–H groups in total. The fourth-order valence-electron chi connectivity index (χ4n) is 10.9. The molecule has 2 saturated carbocycles. The Balaban J connectivity index is 0.000000235. The molecule has 73 heavy (non-hydrogen) atoms. The summed E-state index contributed by atoms with van der Waals surface area (Å²) in [6.45, 7) is 17.2. The van der Waals surface area contributed by atoms with E-state index in [0.717, 1.165) is 23.0 Å². The summed E-state index contributed by atoms with van der Waals surface area (Å²) in [5.74, 6) is 6.58. The predicted octanol–water partition coefficient (Wildman–Crippen LogP) is 12.8. The van der Waals surface area contributed by atoms with E-state index < -0.39 is 15.8 Å². The average molecular weight is 1050 g/mol. The first-order valence-corrected chi connectivity index (χ1v) is 27.4. The number of hydrogen-bond donors (Lipinski definition) is 0. The molecule has 10 radical (unpaired) electrons. The van der Waals surface area contributed by atoms with E-state index in [2.05, 4.69) is 241 Å². The van der Waals surface area contributed by atoms with E-state index in [1.165, 1.54) is 100 Å². The zero-order chi connectivity index (χ0) is 52.0. The van der Waals surface area contributed by atoms with Gasteiger partial charge >= 0.3 is 17.1 Å². The smallest absolute Gasteiger partial charge is 0.496 e. The van der Waals surface area contributed by atoms with Crippen LogP contribution in [0.15, 0.2) is 109 Å². The van der Waals surface area contributed by atoms with Gasteiger partial charge < -0.3 is 28.7 Å². The van der Waals surface area contributed by atoms with Gasteiger partial charge in [0.25, 0.3) is 0 Å². The van der Waals surface area contributed by atoms with Crippen LogP contribution in [0.2, 0.25) is 0 Å². The van der Waals surface area contributed by atoms with Gasteiger partial charge in [0.1, 0.15) is 23.0 Å². The minimum Gasteiger partial charge on any atom is -0.496 e. The summed E-state index contributed by atoms with van der Waals surface area (Å²) >= 11 is 0. The van der Waals surface area contributed by atoms with Gasteiger partial charge in [-0.3, -0.25) is 0 Å². The van der Waals surface area contributed by atoms with Crippen molar-refractivity contribution in [2.75, 3.05) is 56.6 Å². The van der Waals surface area contributed by atoms with E-state index in [0.29, 0.717) is 0 Å². The number of hydrogen-bond acceptors (Lipinski definition) is 6. The zero-order valence-corrected chi connectivity index (χ0v) is 48.7. The normalized spacial score (nSPS) is 15.4. The quantitative estimate of drug-likeness (QED) is 0.0711. The molecule has 2 atom stereocenters. The SMILES string of the molecule is COc1c(C)cc(P([C]2[CH][CH][CH][C]2[C@@H](c2ccccc2)N(C)C)c2cc(C)c(OC)c(C)c2)cc1C.COc1c(C)cc(P([C]2[CH][CH][CH][C]2[C@@H](c2ccccc2)N(C)C)c2cc(C)c(OC)c(C)c2)cc1C.[Fe+2]. The Morgan fingerprint density at radius 2 is 0.589 bits per heavy atom. The summed E-state index contributed by atoms with van der Waals surface area (Å²) in [6.07, 6.45) is 13.7. The molecule has 0 aromatic heterocycles. The van der Waals surface area contributed by atoms with Crippen LogP contribution < -0.4 is 40.2 Å². The summed E-state index contributed by atoms with van der Waals surface area (Å²) in [4.78, 5) is 4.63. The number of methoxy groups -OCH3 is 4. The maximum Gasteiger partial charge on any atom is 2.00 e. The fourth-order valence-corrected chi connectivity index (χ4v) is 16.5. The van der Waals surface area contributed by atoms with Crippen molar-refractivity contribution < 1.29 is 36.0 Å². The molecule has 8 rings (SSSR count). The molecule has 6 aromatic carbocycles. The van der Waals surface area contributed by atoms with Crippen molar-refractivity contribution in [3.05, 3.63) is 227 Å². The van der Waals surface area contributed by atoms with Crippen molar-refractivity contribution in [2.45, 2.75) is 67.5 Å². The molecule has 0 amide bonds. The Bertz CT molecular complexity index is 2370. The maximum atomic E-state index is 5.71. The van der Waals surface area contributed by atoms with Crippen LogP contribution in [0, 0.1) is 117 Å². The van der Waals surface area contributed by atoms with Gasteiger partial charge in [0.2, 0.25) is 0 Å². The number of aryl methyl sites for hydroxylation is 8. The number of benzene rings is 6. The molecule has 6 aromatic rings. The molecular formula is C64H74FeN2O4P2+2. The van der Waals surface area contributed by atoms with E-state index in [9.17, 15) is 0 Å². The Hall–Kier alpha value is -4.18. The second-order valence-corrected chi connectivity index (χ2v) is 23.8. The second-order valence-electron chi connectivity index (χ2n) is 19.4. The second kappa shape index (κ2) is 26.0. The van der Waals surface area contributed by atoms with E-state index in [1.54, 1.807) is 28.4 Å². The van der Waals surface area contributed by atoms with Crippen LogP contribution in [0.1, 0.15) is 67.7 Å². The Kier molecular flexibility index (Phi) is 20.7. The van der Waals surface area contributed by atoms with Gasteiger partial charge in [-0.15, -0.1) is 0 Å². The monoisotopic (exact) mass is 1050 g/mol. The third kappa shape index (κ3) is 12.7. The van der Waals surface area contributed by atoms with Crippen LogP contribution in [-0.4, -0.2) is 66.4 Å². The first-order chi connectivity index (χ1) is 34.5. The standard InChI is InChI=1S/2C32H37NO2P.Fe/c2*1-21-17-26(18-22(2)31(21)34-7)36(27-19-23(3)32(35-8)24(4)20-27)29-16-12-15-28(29)30(33(5)6)25-13-10-9-11-14-25;/h2*9-20,30H,1-8H3;/q;;+2/t2*30-;/m11./s1. The molecule has 2 aliphatic carbocycles. The largest absolute Gasteiger partial charge is 2.00 e. The molecule has 0 aliphatic heterocycles. The Morgan fingerprint density at radius 3 is 0.795 bits per heavy atom. The fraction of sp³-hybridized carbons (Fsp3) is 0.281. The van der Waals surface area contributed by atoms with Crippen LogP contribution in [0.4, 0.5) is 0 Å². The topological polar surface area (TPSA) is 43.4 Å². The van der Waals surface area contributed by atoms with Gasteiger partial charge in [0.15, 0.2) is 0 Å². The molecule has 2 fully saturated rings. The van der Waals surface area contributed by atoms with Crippen molar-refractivity contribution in [1.82, 2.24) is 9.80 Å². The minimum absolute atomic E-state index is 0. The third-order valence-electron chi connectivity index (χ3n) is 13.6. The van der Waals surface area contributed by atoms with E-state index in [1.807, 2.05) is 0 Å². The number of nitrogens with zero attached hydrogens (tertiary/aromatic N) is 2. The van der Waals surface area contributed by atoms with Crippen molar-refractivity contribution >= 4 is 37.1 Å².